The second kappa shape index (κ2) is 10.2. The lowest BCUT2D eigenvalue weighted by Gasteiger charge is -2.17. The predicted molar refractivity (Wildman–Crippen MR) is 114 cm³/mol. The van der Waals surface area contributed by atoms with Gasteiger partial charge in [-0.1, -0.05) is 30.9 Å². The zero-order valence-corrected chi connectivity index (χ0v) is 17.8. The number of benzene rings is 2. The number of anilines is 1. The summed E-state index contributed by atoms with van der Waals surface area (Å²) >= 11 is 0. The van der Waals surface area contributed by atoms with Crippen LogP contribution in [0, 0.1) is 0 Å². The van der Waals surface area contributed by atoms with Crippen LogP contribution in [0.1, 0.15) is 5.56 Å². The van der Waals surface area contributed by atoms with Crippen molar-refractivity contribution in [3.05, 3.63) is 66.7 Å². The lowest BCUT2D eigenvalue weighted by atomic mass is 10.2. The maximum atomic E-state index is 12.3. The minimum atomic E-state index is -3.55. The van der Waals surface area contributed by atoms with E-state index in [2.05, 4.69) is 11.9 Å². The standard InChI is InChI=1S/C21H27N3O4S/c1-5-13-28-19-11-9-17(10-12-19)15-24(4)16-21(25)22-18-7-6-8-20(14-18)29(26,27)23(2)3/h5-12,14H,1,13,15-16H2,2-4H3,(H,22,25). The van der Waals surface area contributed by atoms with Crippen LogP contribution >= 0.6 is 0 Å². The molecule has 0 unspecified atom stereocenters. The van der Waals surface area contributed by atoms with Crippen LogP contribution in [0.25, 0.3) is 0 Å². The Labute approximate surface area is 172 Å². The number of hydrogen-bond donors (Lipinski definition) is 1. The molecule has 0 spiro atoms. The highest BCUT2D eigenvalue weighted by atomic mass is 32.2. The monoisotopic (exact) mass is 417 g/mol. The normalized spacial score (nSPS) is 11.5. The van der Waals surface area contributed by atoms with E-state index in [1.807, 2.05) is 36.2 Å². The first kappa shape index (κ1) is 22.6. The van der Waals surface area contributed by atoms with Gasteiger partial charge in [-0.3, -0.25) is 9.69 Å². The van der Waals surface area contributed by atoms with Gasteiger partial charge in [0.25, 0.3) is 0 Å². The molecule has 0 radical (unpaired) electrons. The number of ether oxygens (including phenoxy) is 1. The second-order valence-corrected chi connectivity index (χ2v) is 8.93. The van der Waals surface area contributed by atoms with E-state index >= 15 is 0 Å². The molecule has 0 atom stereocenters. The van der Waals surface area contributed by atoms with Crippen LogP contribution in [0.2, 0.25) is 0 Å². The average molecular weight is 418 g/mol. The molecule has 1 amide bonds. The van der Waals surface area contributed by atoms with Crippen LogP contribution in [0.4, 0.5) is 5.69 Å². The highest BCUT2D eigenvalue weighted by molar-refractivity contribution is 7.89. The van der Waals surface area contributed by atoms with Gasteiger partial charge in [0, 0.05) is 26.3 Å². The molecule has 0 aliphatic rings. The van der Waals surface area contributed by atoms with Crippen LogP contribution in [0.3, 0.4) is 0 Å². The Morgan fingerprint density at radius 3 is 2.45 bits per heavy atom. The lowest BCUT2D eigenvalue weighted by Crippen LogP contribution is -2.30. The van der Waals surface area contributed by atoms with Crippen molar-refractivity contribution in [3.8, 4) is 5.75 Å². The molecule has 7 nitrogen and oxygen atoms in total. The zero-order valence-electron chi connectivity index (χ0n) is 17.0. The summed E-state index contributed by atoms with van der Waals surface area (Å²) in [6.07, 6.45) is 1.69. The molecule has 0 aliphatic carbocycles. The van der Waals surface area contributed by atoms with Crippen molar-refractivity contribution in [1.82, 2.24) is 9.21 Å². The molecule has 29 heavy (non-hydrogen) atoms. The highest BCUT2D eigenvalue weighted by Crippen LogP contribution is 2.18. The maximum Gasteiger partial charge on any atom is 0.242 e. The van der Waals surface area contributed by atoms with Crippen molar-refractivity contribution < 1.29 is 17.9 Å². The summed E-state index contributed by atoms with van der Waals surface area (Å²) in [4.78, 5) is 14.3. The summed E-state index contributed by atoms with van der Waals surface area (Å²) in [5.41, 5.74) is 1.49. The summed E-state index contributed by atoms with van der Waals surface area (Å²) in [7, 11) is 1.22. The molecule has 0 heterocycles. The molecule has 2 aromatic carbocycles. The van der Waals surface area contributed by atoms with Gasteiger partial charge in [-0.25, -0.2) is 12.7 Å². The molecule has 2 rings (SSSR count). The van der Waals surface area contributed by atoms with Gasteiger partial charge in [-0.05, 0) is 42.9 Å². The first-order valence-corrected chi connectivity index (χ1v) is 10.5. The molecule has 8 heteroatoms. The maximum absolute atomic E-state index is 12.3. The third-order valence-electron chi connectivity index (χ3n) is 4.05. The molecule has 156 valence electrons. The van der Waals surface area contributed by atoms with E-state index in [0.29, 0.717) is 18.8 Å². The Bertz CT molecular complexity index is 941. The third kappa shape index (κ3) is 6.70. The predicted octanol–water partition coefficient (Wildman–Crippen LogP) is 2.57. The van der Waals surface area contributed by atoms with Crippen molar-refractivity contribution in [1.29, 1.82) is 0 Å². The Kier molecular flexibility index (Phi) is 7.95. The van der Waals surface area contributed by atoms with Gasteiger partial charge in [0.05, 0.1) is 11.4 Å². The molecule has 2 aromatic rings. The number of hydrogen-bond acceptors (Lipinski definition) is 5. The average Bonchev–Trinajstić information content (AvgIpc) is 2.67. The van der Waals surface area contributed by atoms with Crippen molar-refractivity contribution in [3.63, 3.8) is 0 Å². The van der Waals surface area contributed by atoms with Crippen LogP contribution in [-0.2, 0) is 21.4 Å². The number of amides is 1. The Morgan fingerprint density at radius 1 is 1.14 bits per heavy atom. The number of carbonyl (C=O) groups excluding carboxylic acids is 1. The van der Waals surface area contributed by atoms with Crippen molar-refractivity contribution in [2.24, 2.45) is 0 Å². The molecule has 0 saturated carbocycles. The first-order chi connectivity index (χ1) is 13.7. The van der Waals surface area contributed by atoms with Gasteiger partial charge < -0.3 is 10.1 Å². The van der Waals surface area contributed by atoms with E-state index in [-0.39, 0.29) is 17.3 Å². The summed E-state index contributed by atoms with van der Waals surface area (Å²) in [6, 6.07) is 13.9. The number of carbonyl (C=O) groups is 1. The number of likely N-dealkylation sites (N-methyl/N-ethyl adjacent to an activating group) is 1. The van der Waals surface area contributed by atoms with Gasteiger partial charge in [-0.2, -0.15) is 0 Å². The zero-order chi connectivity index (χ0) is 21.4. The molecule has 0 bridgehead atoms. The molecule has 0 saturated heterocycles. The van der Waals surface area contributed by atoms with Gasteiger partial charge in [0.1, 0.15) is 12.4 Å². The first-order valence-electron chi connectivity index (χ1n) is 9.06. The molecule has 0 aliphatic heterocycles. The SMILES string of the molecule is C=CCOc1ccc(CN(C)CC(=O)Nc2cccc(S(=O)(=O)N(C)C)c2)cc1. The second-order valence-electron chi connectivity index (χ2n) is 6.78. The molecule has 0 fully saturated rings. The van der Waals surface area contributed by atoms with Crippen molar-refractivity contribution in [2.45, 2.75) is 11.4 Å². The van der Waals surface area contributed by atoms with Gasteiger partial charge in [0.2, 0.25) is 15.9 Å². The molecule has 0 aromatic heterocycles. The topological polar surface area (TPSA) is 79.0 Å². The van der Waals surface area contributed by atoms with Crippen LogP contribution in [-0.4, -0.2) is 57.8 Å². The van der Waals surface area contributed by atoms with E-state index in [9.17, 15) is 13.2 Å². The largest absolute Gasteiger partial charge is 0.490 e. The minimum Gasteiger partial charge on any atom is -0.490 e. The highest BCUT2D eigenvalue weighted by Gasteiger charge is 2.17. The summed E-state index contributed by atoms with van der Waals surface area (Å²) in [6.45, 7) is 4.82. The van der Waals surface area contributed by atoms with E-state index in [1.54, 1.807) is 18.2 Å². The van der Waals surface area contributed by atoms with Gasteiger partial charge in [0.15, 0.2) is 0 Å². The fourth-order valence-electron chi connectivity index (χ4n) is 2.60. The van der Waals surface area contributed by atoms with Crippen LogP contribution in [0.15, 0.2) is 66.1 Å². The van der Waals surface area contributed by atoms with Crippen LogP contribution < -0.4 is 10.1 Å². The molecular formula is C21H27N3O4S. The molecule has 1 N–H and O–H groups in total. The van der Waals surface area contributed by atoms with Crippen molar-refractivity contribution in [2.75, 3.05) is 39.6 Å². The lowest BCUT2D eigenvalue weighted by molar-refractivity contribution is -0.117. The number of rotatable bonds is 10. The van der Waals surface area contributed by atoms with Gasteiger partial charge >= 0.3 is 0 Å². The van der Waals surface area contributed by atoms with E-state index in [1.165, 1.54) is 26.2 Å². The third-order valence-corrected chi connectivity index (χ3v) is 5.86. The Morgan fingerprint density at radius 2 is 1.83 bits per heavy atom. The Balaban J connectivity index is 1.93. The van der Waals surface area contributed by atoms with Crippen molar-refractivity contribution >= 4 is 21.6 Å². The number of sulfonamides is 1. The quantitative estimate of drug-likeness (QED) is 0.601. The van der Waals surface area contributed by atoms with E-state index in [0.717, 1.165) is 15.6 Å². The van der Waals surface area contributed by atoms with E-state index in [4.69, 9.17) is 4.74 Å². The fourth-order valence-corrected chi connectivity index (χ4v) is 3.55. The number of nitrogens with zero attached hydrogens (tertiary/aromatic N) is 2. The smallest absolute Gasteiger partial charge is 0.242 e. The van der Waals surface area contributed by atoms with Crippen LogP contribution in [0.5, 0.6) is 5.75 Å². The summed E-state index contributed by atoms with van der Waals surface area (Å²) in [5.74, 6) is 0.541. The summed E-state index contributed by atoms with van der Waals surface area (Å²) in [5, 5.41) is 2.75. The van der Waals surface area contributed by atoms with E-state index < -0.39 is 10.0 Å². The Hall–Kier alpha value is -2.68. The number of nitrogens with one attached hydrogen (secondary N) is 1. The van der Waals surface area contributed by atoms with Gasteiger partial charge in [-0.15, -0.1) is 0 Å². The molecular weight excluding hydrogens is 390 g/mol. The summed E-state index contributed by atoms with van der Waals surface area (Å²) < 4.78 is 31.0. The minimum absolute atomic E-state index is 0.132. The fraction of sp³-hybridized carbons (Fsp3) is 0.286.